The van der Waals surface area contributed by atoms with Crippen molar-refractivity contribution >= 4 is 6.09 Å². The Morgan fingerprint density at radius 2 is 1.79 bits per heavy atom. The Labute approximate surface area is 143 Å². The summed E-state index contributed by atoms with van der Waals surface area (Å²) in [4.78, 5) is 14.4. The van der Waals surface area contributed by atoms with Gasteiger partial charge >= 0.3 is 6.09 Å². The Bertz CT molecular complexity index is 699. The van der Waals surface area contributed by atoms with Crippen molar-refractivity contribution in [2.75, 3.05) is 13.7 Å². The number of amides is 1. The molecule has 0 N–H and O–H groups in total. The quantitative estimate of drug-likeness (QED) is 0.830. The lowest BCUT2D eigenvalue weighted by Gasteiger charge is -2.41. The summed E-state index contributed by atoms with van der Waals surface area (Å²) in [7, 11) is 1.64. The smallest absolute Gasteiger partial charge is 0.411 e. The summed E-state index contributed by atoms with van der Waals surface area (Å²) in [5.74, 6) is 0.809. The van der Waals surface area contributed by atoms with Gasteiger partial charge in [0, 0.05) is 13.0 Å². The number of nitrogens with zero attached hydrogens (tertiary/aromatic N) is 1. The first-order chi connectivity index (χ1) is 11.5. The Balaban J connectivity index is 1.74. The van der Waals surface area contributed by atoms with E-state index in [4.69, 9.17) is 9.47 Å². The van der Waals surface area contributed by atoms with Gasteiger partial charge in [-0.3, -0.25) is 0 Å². The van der Waals surface area contributed by atoms with Crippen LogP contribution in [0.3, 0.4) is 0 Å². The Kier molecular flexibility index (Phi) is 4.47. The van der Waals surface area contributed by atoms with Crippen molar-refractivity contribution in [3.05, 3.63) is 65.7 Å². The molecule has 0 aliphatic carbocycles. The average molecular weight is 325 g/mol. The van der Waals surface area contributed by atoms with Crippen molar-refractivity contribution in [1.29, 1.82) is 0 Å². The average Bonchev–Trinajstić information content (AvgIpc) is 2.62. The molecular formula is C20H23NO3. The summed E-state index contributed by atoms with van der Waals surface area (Å²) in [6.45, 7) is 4.67. The molecule has 0 aromatic heterocycles. The van der Waals surface area contributed by atoms with E-state index in [1.165, 1.54) is 0 Å². The van der Waals surface area contributed by atoms with E-state index in [1.54, 1.807) is 12.0 Å². The highest BCUT2D eigenvalue weighted by molar-refractivity contribution is 5.70. The summed E-state index contributed by atoms with van der Waals surface area (Å²) in [6, 6.07) is 17.7. The maximum Gasteiger partial charge on any atom is 0.411 e. The maximum absolute atomic E-state index is 12.6. The van der Waals surface area contributed by atoms with Crippen molar-refractivity contribution in [3.8, 4) is 5.75 Å². The molecule has 0 spiro atoms. The molecule has 1 unspecified atom stereocenters. The molecule has 0 bridgehead atoms. The molecule has 0 saturated carbocycles. The lowest BCUT2D eigenvalue weighted by Crippen LogP contribution is -2.47. The molecule has 126 valence electrons. The van der Waals surface area contributed by atoms with Crippen LogP contribution in [0, 0.1) is 0 Å². The lowest BCUT2D eigenvalue weighted by molar-refractivity contribution is -0.0491. The van der Waals surface area contributed by atoms with Crippen LogP contribution >= 0.6 is 0 Å². The van der Waals surface area contributed by atoms with Crippen molar-refractivity contribution in [3.63, 3.8) is 0 Å². The van der Waals surface area contributed by atoms with E-state index >= 15 is 0 Å². The van der Waals surface area contributed by atoms with Crippen molar-refractivity contribution in [2.24, 2.45) is 0 Å². The lowest BCUT2D eigenvalue weighted by atomic mass is 9.90. The first-order valence-electron chi connectivity index (χ1n) is 8.22. The molecule has 24 heavy (non-hydrogen) atoms. The summed E-state index contributed by atoms with van der Waals surface area (Å²) in [5, 5.41) is 0. The normalized spacial score (nSPS) is 22.0. The third-order valence-electron chi connectivity index (χ3n) is 4.83. The molecule has 1 aliphatic rings. The van der Waals surface area contributed by atoms with Gasteiger partial charge in [-0.2, -0.15) is 0 Å². The predicted octanol–water partition coefficient (Wildman–Crippen LogP) is 4.51. The minimum atomic E-state index is -0.561. The standard InChI is InChI=1S/C20H23NO3/c1-15(16-9-11-18(23-3)12-10-16)21-14-13-20(2,24-19(21)22)17-7-5-4-6-8-17/h4-12,15H,13-14H2,1-3H3/t15-,20?/m0/s1. The summed E-state index contributed by atoms with van der Waals surface area (Å²) < 4.78 is 11.0. The third-order valence-corrected chi connectivity index (χ3v) is 4.83. The van der Waals surface area contributed by atoms with Crippen LogP contribution in [0.15, 0.2) is 54.6 Å². The topological polar surface area (TPSA) is 38.8 Å². The van der Waals surface area contributed by atoms with E-state index in [9.17, 15) is 4.79 Å². The first-order valence-corrected chi connectivity index (χ1v) is 8.22. The minimum absolute atomic E-state index is 0.0382. The largest absolute Gasteiger partial charge is 0.497 e. The predicted molar refractivity (Wildman–Crippen MR) is 93.0 cm³/mol. The van der Waals surface area contributed by atoms with Crippen LogP contribution in [-0.4, -0.2) is 24.6 Å². The van der Waals surface area contributed by atoms with Gasteiger partial charge in [-0.1, -0.05) is 42.5 Å². The van der Waals surface area contributed by atoms with E-state index in [1.807, 2.05) is 68.4 Å². The fraction of sp³-hybridized carbons (Fsp3) is 0.350. The SMILES string of the molecule is COc1ccc([C@H](C)N2CCC(C)(c3ccccc3)OC2=O)cc1. The zero-order chi connectivity index (χ0) is 17.2. The number of benzene rings is 2. The molecule has 2 atom stereocenters. The van der Waals surface area contributed by atoms with Crippen molar-refractivity contribution < 1.29 is 14.3 Å². The molecule has 1 amide bonds. The van der Waals surface area contributed by atoms with E-state index in [0.717, 1.165) is 23.3 Å². The van der Waals surface area contributed by atoms with Crippen LogP contribution < -0.4 is 4.74 Å². The van der Waals surface area contributed by atoms with Crippen LogP contribution in [0.2, 0.25) is 0 Å². The Morgan fingerprint density at radius 3 is 2.38 bits per heavy atom. The molecule has 0 radical (unpaired) electrons. The van der Waals surface area contributed by atoms with Crippen molar-refractivity contribution in [2.45, 2.75) is 31.9 Å². The number of carbonyl (C=O) groups excluding carboxylic acids is 1. The molecule has 2 aromatic rings. The van der Waals surface area contributed by atoms with Gasteiger partial charge in [0.1, 0.15) is 11.4 Å². The summed E-state index contributed by atoms with van der Waals surface area (Å²) in [6.07, 6.45) is 0.499. The number of methoxy groups -OCH3 is 1. The van der Waals surface area contributed by atoms with Crippen LogP contribution in [-0.2, 0) is 10.3 Å². The van der Waals surface area contributed by atoms with Gasteiger partial charge in [0.15, 0.2) is 0 Å². The zero-order valence-electron chi connectivity index (χ0n) is 14.4. The van der Waals surface area contributed by atoms with E-state index < -0.39 is 5.60 Å². The van der Waals surface area contributed by atoms with Gasteiger partial charge in [-0.05, 0) is 37.1 Å². The Morgan fingerprint density at radius 1 is 1.12 bits per heavy atom. The zero-order valence-corrected chi connectivity index (χ0v) is 14.4. The number of ether oxygens (including phenoxy) is 2. The van der Waals surface area contributed by atoms with Crippen LogP contribution in [0.5, 0.6) is 5.75 Å². The molecule has 1 aliphatic heterocycles. The van der Waals surface area contributed by atoms with Gasteiger partial charge in [0.2, 0.25) is 0 Å². The highest BCUT2D eigenvalue weighted by atomic mass is 16.6. The van der Waals surface area contributed by atoms with Gasteiger partial charge in [-0.15, -0.1) is 0 Å². The second kappa shape index (κ2) is 6.56. The van der Waals surface area contributed by atoms with Crippen LogP contribution in [0.25, 0.3) is 0 Å². The Hall–Kier alpha value is -2.49. The molecule has 4 heteroatoms. The fourth-order valence-corrected chi connectivity index (χ4v) is 3.14. The fourth-order valence-electron chi connectivity index (χ4n) is 3.14. The van der Waals surface area contributed by atoms with Gasteiger partial charge in [0.05, 0.1) is 13.2 Å². The summed E-state index contributed by atoms with van der Waals surface area (Å²) in [5.41, 5.74) is 1.54. The second-order valence-corrected chi connectivity index (χ2v) is 6.36. The number of cyclic esters (lactones) is 1. The van der Waals surface area contributed by atoms with Gasteiger partial charge in [-0.25, -0.2) is 4.79 Å². The molecule has 1 saturated heterocycles. The number of carbonyl (C=O) groups is 1. The van der Waals surface area contributed by atoms with Crippen LogP contribution in [0.1, 0.15) is 37.4 Å². The van der Waals surface area contributed by atoms with E-state index in [-0.39, 0.29) is 12.1 Å². The highest BCUT2D eigenvalue weighted by Crippen LogP contribution is 2.36. The monoisotopic (exact) mass is 325 g/mol. The molecule has 4 nitrogen and oxygen atoms in total. The van der Waals surface area contributed by atoms with Gasteiger partial charge in [0.25, 0.3) is 0 Å². The molecule has 1 fully saturated rings. The molecule has 1 heterocycles. The second-order valence-electron chi connectivity index (χ2n) is 6.36. The number of hydrogen-bond donors (Lipinski definition) is 0. The first kappa shape index (κ1) is 16.4. The summed E-state index contributed by atoms with van der Waals surface area (Å²) >= 11 is 0. The van der Waals surface area contributed by atoms with E-state index in [0.29, 0.717) is 6.54 Å². The molecular weight excluding hydrogens is 302 g/mol. The van der Waals surface area contributed by atoms with Crippen LogP contribution in [0.4, 0.5) is 4.79 Å². The maximum atomic E-state index is 12.6. The number of rotatable bonds is 4. The van der Waals surface area contributed by atoms with Gasteiger partial charge < -0.3 is 14.4 Å². The highest BCUT2D eigenvalue weighted by Gasteiger charge is 2.39. The third kappa shape index (κ3) is 3.09. The van der Waals surface area contributed by atoms with E-state index in [2.05, 4.69) is 0 Å². The number of hydrogen-bond acceptors (Lipinski definition) is 3. The van der Waals surface area contributed by atoms with Crippen molar-refractivity contribution in [1.82, 2.24) is 4.90 Å². The minimum Gasteiger partial charge on any atom is -0.497 e. The molecule has 3 rings (SSSR count). The molecule has 2 aromatic carbocycles.